The first-order chi connectivity index (χ1) is 8.97. The van der Waals surface area contributed by atoms with Crippen LogP contribution in [0.15, 0.2) is 12.4 Å². The van der Waals surface area contributed by atoms with Gasteiger partial charge in [-0.2, -0.15) is 10.2 Å². The molecule has 2 rings (SSSR count). The molecular weight excluding hydrogens is 260 g/mol. The van der Waals surface area contributed by atoms with E-state index in [2.05, 4.69) is 20.8 Å². The molecule has 0 amide bonds. The Morgan fingerprint density at radius 3 is 2.63 bits per heavy atom. The second-order valence-electron chi connectivity index (χ2n) is 4.49. The van der Waals surface area contributed by atoms with Crippen molar-refractivity contribution >= 4 is 23.0 Å². The molecule has 2 aromatic heterocycles. The van der Waals surface area contributed by atoms with E-state index in [1.54, 1.807) is 15.6 Å². The van der Waals surface area contributed by atoms with Crippen LogP contribution in [0.5, 0.6) is 0 Å². The second-order valence-corrected chi connectivity index (χ2v) is 4.90. The molecular formula is C12H18N6S. The lowest BCUT2D eigenvalue weighted by molar-refractivity contribution is 0.740. The molecule has 6 nitrogen and oxygen atoms in total. The molecule has 0 bridgehead atoms. The van der Waals surface area contributed by atoms with Gasteiger partial charge in [0.15, 0.2) is 5.11 Å². The van der Waals surface area contributed by atoms with E-state index in [4.69, 9.17) is 12.2 Å². The summed E-state index contributed by atoms with van der Waals surface area (Å²) in [6.07, 6.45) is 3.75. The summed E-state index contributed by atoms with van der Waals surface area (Å²) in [7, 11) is 3.81. The fraction of sp³-hybridized carbons (Fsp3) is 0.417. The zero-order valence-corrected chi connectivity index (χ0v) is 12.4. The summed E-state index contributed by atoms with van der Waals surface area (Å²) in [6, 6.07) is 0. The Bertz CT molecular complexity index is 597. The molecule has 7 heteroatoms. The van der Waals surface area contributed by atoms with Crippen molar-refractivity contribution < 1.29 is 0 Å². The summed E-state index contributed by atoms with van der Waals surface area (Å²) in [5.41, 5.74) is 4.11. The predicted molar refractivity (Wildman–Crippen MR) is 79.0 cm³/mol. The Morgan fingerprint density at radius 1 is 1.37 bits per heavy atom. The van der Waals surface area contributed by atoms with Gasteiger partial charge in [0.1, 0.15) is 0 Å². The number of hydrogen-bond acceptors (Lipinski definition) is 3. The maximum absolute atomic E-state index is 5.27. The fourth-order valence-corrected chi connectivity index (χ4v) is 1.97. The summed E-state index contributed by atoms with van der Waals surface area (Å²) in [5.74, 6) is 0. The molecule has 0 saturated heterocycles. The van der Waals surface area contributed by atoms with Crippen molar-refractivity contribution in [2.75, 3.05) is 5.32 Å². The Kier molecular flexibility index (Phi) is 3.84. The third-order valence-electron chi connectivity index (χ3n) is 3.04. The van der Waals surface area contributed by atoms with E-state index in [0.29, 0.717) is 11.7 Å². The van der Waals surface area contributed by atoms with Crippen LogP contribution >= 0.6 is 12.2 Å². The largest absolute Gasteiger partial charge is 0.358 e. The highest BCUT2D eigenvalue weighted by atomic mass is 32.1. The van der Waals surface area contributed by atoms with Crippen LogP contribution in [-0.4, -0.2) is 24.7 Å². The molecule has 0 radical (unpaired) electrons. The molecule has 2 N–H and O–H groups in total. The van der Waals surface area contributed by atoms with Crippen LogP contribution in [0.25, 0.3) is 0 Å². The van der Waals surface area contributed by atoms with Crippen molar-refractivity contribution in [3.8, 4) is 0 Å². The van der Waals surface area contributed by atoms with Gasteiger partial charge >= 0.3 is 0 Å². The van der Waals surface area contributed by atoms with Crippen molar-refractivity contribution in [2.45, 2.75) is 20.4 Å². The van der Waals surface area contributed by atoms with E-state index in [0.717, 1.165) is 22.6 Å². The Balaban J connectivity index is 1.92. The van der Waals surface area contributed by atoms with Gasteiger partial charge in [-0.3, -0.25) is 9.36 Å². The number of rotatable bonds is 3. The zero-order chi connectivity index (χ0) is 14.0. The van der Waals surface area contributed by atoms with Crippen LogP contribution in [0.3, 0.4) is 0 Å². The fourth-order valence-electron chi connectivity index (χ4n) is 1.79. The lowest BCUT2D eigenvalue weighted by Gasteiger charge is -2.09. The molecule has 0 spiro atoms. The van der Waals surface area contributed by atoms with E-state index >= 15 is 0 Å². The number of aromatic nitrogens is 4. The van der Waals surface area contributed by atoms with Gasteiger partial charge in [-0.1, -0.05) is 0 Å². The average Bonchev–Trinajstić information content (AvgIpc) is 2.83. The maximum atomic E-state index is 5.27. The second kappa shape index (κ2) is 5.40. The summed E-state index contributed by atoms with van der Waals surface area (Å²) in [6.45, 7) is 4.63. The van der Waals surface area contributed by atoms with Gasteiger partial charge in [0.25, 0.3) is 0 Å². The van der Waals surface area contributed by atoms with Crippen LogP contribution in [0.2, 0.25) is 0 Å². The van der Waals surface area contributed by atoms with Gasteiger partial charge in [0, 0.05) is 32.4 Å². The summed E-state index contributed by atoms with van der Waals surface area (Å²) < 4.78 is 3.60. The van der Waals surface area contributed by atoms with Crippen molar-refractivity contribution in [1.82, 2.24) is 24.9 Å². The highest BCUT2D eigenvalue weighted by Crippen LogP contribution is 2.12. The normalized spacial score (nSPS) is 10.5. The highest BCUT2D eigenvalue weighted by molar-refractivity contribution is 7.80. The number of nitrogens with zero attached hydrogens (tertiary/aromatic N) is 4. The van der Waals surface area contributed by atoms with E-state index in [9.17, 15) is 0 Å². The van der Waals surface area contributed by atoms with E-state index in [-0.39, 0.29) is 0 Å². The van der Waals surface area contributed by atoms with E-state index in [1.807, 2.05) is 34.1 Å². The van der Waals surface area contributed by atoms with E-state index < -0.39 is 0 Å². The van der Waals surface area contributed by atoms with Gasteiger partial charge < -0.3 is 10.6 Å². The lowest BCUT2D eigenvalue weighted by atomic mass is 10.3. The molecule has 0 unspecified atom stereocenters. The third kappa shape index (κ3) is 3.11. The van der Waals surface area contributed by atoms with Crippen LogP contribution in [-0.2, 0) is 20.6 Å². The minimum Gasteiger partial charge on any atom is -0.358 e. The van der Waals surface area contributed by atoms with Gasteiger partial charge in [0.05, 0.1) is 23.3 Å². The van der Waals surface area contributed by atoms with Crippen LogP contribution in [0, 0.1) is 13.8 Å². The van der Waals surface area contributed by atoms with Crippen LogP contribution in [0.4, 0.5) is 5.69 Å². The summed E-state index contributed by atoms with van der Waals surface area (Å²) in [5, 5.41) is 15.3. The smallest absolute Gasteiger partial charge is 0.171 e. The molecule has 0 aliphatic carbocycles. The average molecular weight is 278 g/mol. The summed E-state index contributed by atoms with van der Waals surface area (Å²) >= 11 is 5.27. The molecule has 102 valence electrons. The Labute approximate surface area is 117 Å². The van der Waals surface area contributed by atoms with Crippen molar-refractivity contribution in [1.29, 1.82) is 0 Å². The van der Waals surface area contributed by atoms with Gasteiger partial charge in [-0.15, -0.1) is 0 Å². The SMILES string of the molecule is Cc1nn(C)cc1CNC(=S)Nc1cnn(C)c1C. The van der Waals surface area contributed by atoms with Crippen molar-refractivity contribution in [3.63, 3.8) is 0 Å². The number of aryl methyl sites for hydroxylation is 3. The topological polar surface area (TPSA) is 59.7 Å². The molecule has 0 fully saturated rings. The quantitative estimate of drug-likeness (QED) is 0.828. The molecule has 2 heterocycles. The minimum absolute atomic E-state index is 0.583. The molecule has 0 aliphatic rings. The summed E-state index contributed by atoms with van der Waals surface area (Å²) in [4.78, 5) is 0. The molecule has 0 atom stereocenters. The maximum Gasteiger partial charge on any atom is 0.171 e. The first-order valence-corrected chi connectivity index (χ1v) is 6.40. The number of thiocarbonyl (C=S) groups is 1. The first kappa shape index (κ1) is 13.5. The Hall–Kier alpha value is -1.89. The molecule has 2 aromatic rings. The van der Waals surface area contributed by atoms with Gasteiger partial charge in [-0.25, -0.2) is 0 Å². The number of nitrogens with one attached hydrogen (secondary N) is 2. The Morgan fingerprint density at radius 2 is 2.11 bits per heavy atom. The monoisotopic (exact) mass is 278 g/mol. The van der Waals surface area contributed by atoms with Crippen LogP contribution in [0.1, 0.15) is 17.0 Å². The molecule has 19 heavy (non-hydrogen) atoms. The van der Waals surface area contributed by atoms with Gasteiger partial charge in [-0.05, 0) is 26.1 Å². The zero-order valence-electron chi connectivity index (χ0n) is 11.6. The highest BCUT2D eigenvalue weighted by Gasteiger charge is 2.07. The van der Waals surface area contributed by atoms with Crippen molar-refractivity contribution in [3.05, 3.63) is 29.3 Å². The number of hydrogen-bond donors (Lipinski definition) is 2. The van der Waals surface area contributed by atoms with Crippen molar-refractivity contribution in [2.24, 2.45) is 14.1 Å². The van der Waals surface area contributed by atoms with E-state index in [1.165, 1.54) is 0 Å². The first-order valence-electron chi connectivity index (χ1n) is 6.00. The molecule has 0 aliphatic heterocycles. The van der Waals surface area contributed by atoms with Gasteiger partial charge in [0.2, 0.25) is 0 Å². The predicted octanol–water partition coefficient (Wildman–Crippen LogP) is 1.26. The number of anilines is 1. The molecule has 0 aromatic carbocycles. The lowest BCUT2D eigenvalue weighted by Crippen LogP contribution is -2.28. The molecule has 0 saturated carbocycles. The standard InChI is InChI=1S/C12H18N6S/c1-8-10(7-17(3)16-8)5-13-12(19)15-11-6-14-18(4)9(11)2/h6-7H,5H2,1-4H3,(H2,13,15,19). The van der Waals surface area contributed by atoms with Crippen LogP contribution < -0.4 is 10.6 Å². The third-order valence-corrected chi connectivity index (χ3v) is 3.28. The minimum atomic E-state index is 0.583.